The largest absolute Gasteiger partial charge is 0.415 e. The van der Waals surface area contributed by atoms with Gasteiger partial charge in [0.25, 0.3) is 5.22 Å². The van der Waals surface area contributed by atoms with Crippen molar-refractivity contribution in [3.63, 3.8) is 0 Å². The second kappa shape index (κ2) is 6.97. The van der Waals surface area contributed by atoms with Crippen LogP contribution in [0, 0.1) is 0 Å². The maximum atomic E-state index is 5.57. The van der Waals surface area contributed by atoms with Crippen LogP contribution < -0.4 is 0 Å². The van der Waals surface area contributed by atoms with Crippen LogP contribution in [0.25, 0.3) is 5.69 Å². The molecule has 0 bridgehead atoms. The zero-order valence-electron chi connectivity index (χ0n) is 12.2. The van der Waals surface area contributed by atoms with Crippen LogP contribution in [0.4, 0.5) is 0 Å². The van der Waals surface area contributed by atoms with Crippen molar-refractivity contribution in [1.82, 2.24) is 25.2 Å². The third-order valence-corrected chi connectivity index (χ3v) is 4.44. The summed E-state index contributed by atoms with van der Waals surface area (Å²) in [5, 5.41) is 17.1. The molecule has 1 atom stereocenters. The van der Waals surface area contributed by atoms with Crippen LogP contribution in [0.15, 0.2) is 46.2 Å². The minimum absolute atomic E-state index is 0.0834. The van der Waals surface area contributed by atoms with Crippen molar-refractivity contribution in [2.24, 2.45) is 0 Å². The van der Waals surface area contributed by atoms with Crippen LogP contribution >= 0.6 is 23.5 Å². The molecule has 0 amide bonds. The molecule has 0 N–H and O–H groups in total. The van der Waals surface area contributed by atoms with Gasteiger partial charge in [0.15, 0.2) is 0 Å². The van der Waals surface area contributed by atoms with Crippen molar-refractivity contribution in [1.29, 1.82) is 0 Å². The SMILES string of the molecule is CSCc1nnc(SC(C)c2cn(-c3ccccc3)nn2)o1. The van der Waals surface area contributed by atoms with Gasteiger partial charge in [-0.3, -0.25) is 0 Å². The van der Waals surface area contributed by atoms with Crippen LogP contribution in [-0.4, -0.2) is 31.4 Å². The maximum Gasteiger partial charge on any atom is 0.277 e. The number of rotatable bonds is 6. The highest BCUT2D eigenvalue weighted by Gasteiger charge is 2.16. The summed E-state index contributed by atoms with van der Waals surface area (Å²) in [5.74, 6) is 1.38. The molecule has 8 heteroatoms. The second-order valence-electron chi connectivity index (χ2n) is 4.58. The molecule has 3 rings (SSSR count). The van der Waals surface area contributed by atoms with Crippen molar-refractivity contribution >= 4 is 23.5 Å². The topological polar surface area (TPSA) is 69.6 Å². The van der Waals surface area contributed by atoms with E-state index in [0.717, 1.165) is 17.1 Å². The molecule has 1 aromatic carbocycles. The minimum atomic E-state index is 0.0834. The molecule has 0 spiro atoms. The molecule has 0 aliphatic rings. The Morgan fingerprint density at radius 1 is 1.18 bits per heavy atom. The van der Waals surface area contributed by atoms with Crippen molar-refractivity contribution < 1.29 is 4.42 Å². The quantitative estimate of drug-likeness (QED) is 0.641. The van der Waals surface area contributed by atoms with Gasteiger partial charge in [-0.05, 0) is 25.3 Å². The van der Waals surface area contributed by atoms with Gasteiger partial charge in [0.2, 0.25) is 5.89 Å². The Morgan fingerprint density at radius 2 is 2.00 bits per heavy atom. The Kier molecular flexibility index (Phi) is 4.79. The predicted molar refractivity (Wildman–Crippen MR) is 87.1 cm³/mol. The summed E-state index contributed by atoms with van der Waals surface area (Å²) >= 11 is 3.14. The van der Waals surface area contributed by atoms with E-state index >= 15 is 0 Å². The first-order valence-electron chi connectivity index (χ1n) is 6.72. The van der Waals surface area contributed by atoms with Crippen LogP contribution in [-0.2, 0) is 5.75 Å². The van der Waals surface area contributed by atoms with Crippen LogP contribution in [0.5, 0.6) is 0 Å². The summed E-state index contributed by atoms with van der Waals surface area (Å²) in [6, 6.07) is 9.90. The van der Waals surface area contributed by atoms with Crippen molar-refractivity contribution in [3.05, 3.63) is 48.1 Å². The Bertz CT molecular complexity index is 728. The number of nitrogens with zero attached hydrogens (tertiary/aromatic N) is 5. The first kappa shape index (κ1) is 15.1. The van der Waals surface area contributed by atoms with Crippen LogP contribution in [0.1, 0.15) is 23.8 Å². The van der Waals surface area contributed by atoms with Gasteiger partial charge in [0, 0.05) is 0 Å². The van der Waals surface area contributed by atoms with E-state index < -0.39 is 0 Å². The van der Waals surface area contributed by atoms with E-state index in [1.54, 1.807) is 16.4 Å². The van der Waals surface area contributed by atoms with Gasteiger partial charge in [-0.15, -0.1) is 15.3 Å². The maximum absolute atomic E-state index is 5.57. The third-order valence-electron chi connectivity index (χ3n) is 2.94. The smallest absolute Gasteiger partial charge is 0.277 e. The summed E-state index contributed by atoms with van der Waals surface area (Å²) in [7, 11) is 0. The number of hydrogen-bond donors (Lipinski definition) is 0. The van der Waals surface area contributed by atoms with Crippen LogP contribution in [0.3, 0.4) is 0 Å². The molecular formula is C14H15N5OS2. The zero-order valence-corrected chi connectivity index (χ0v) is 13.8. The third kappa shape index (κ3) is 3.50. The van der Waals surface area contributed by atoms with Gasteiger partial charge >= 0.3 is 0 Å². The zero-order chi connectivity index (χ0) is 15.4. The summed E-state index contributed by atoms with van der Waals surface area (Å²) in [6.07, 6.45) is 3.92. The van der Waals surface area contributed by atoms with Gasteiger partial charge in [-0.25, -0.2) is 4.68 Å². The highest BCUT2D eigenvalue weighted by Crippen LogP contribution is 2.33. The van der Waals surface area contributed by atoms with Gasteiger partial charge in [-0.1, -0.05) is 35.2 Å². The molecule has 0 saturated heterocycles. The molecule has 0 saturated carbocycles. The summed E-state index contributed by atoms with van der Waals surface area (Å²) in [6.45, 7) is 2.04. The van der Waals surface area contributed by atoms with Crippen molar-refractivity contribution in [2.45, 2.75) is 23.1 Å². The monoisotopic (exact) mass is 333 g/mol. The van der Waals surface area contributed by atoms with E-state index in [2.05, 4.69) is 20.5 Å². The summed E-state index contributed by atoms with van der Waals surface area (Å²) < 4.78 is 7.34. The average molecular weight is 333 g/mol. The van der Waals surface area contributed by atoms with Crippen molar-refractivity contribution in [2.75, 3.05) is 6.26 Å². The fourth-order valence-corrected chi connectivity index (χ4v) is 2.98. The molecule has 2 aromatic heterocycles. The fourth-order valence-electron chi connectivity index (χ4n) is 1.85. The minimum Gasteiger partial charge on any atom is -0.415 e. The van der Waals surface area contributed by atoms with Gasteiger partial charge in [-0.2, -0.15) is 11.8 Å². The van der Waals surface area contributed by atoms with Crippen LogP contribution in [0.2, 0.25) is 0 Å². The lowest BCUT2D eigenvalue weighted by molar-refractivity contribution is 0.426. The van der Waals surface area contributed by atoms with E-state index in [9.17, 15) is 0 Å². The number of aromatic nitrogens is 5. The Morgan fingerprint density at radius 3 is 2.77 bits per heavy atom. The van der Waals surface area contributed by atoms with Gasteiger partial charge in [0.05, 0.1) is 28.6 Å². The molecule has 114 valence electrons. The first-order valence-corrected chi connectivity index (χ1v) is 8.99. The van der Waals surface area contributed by atoms with E-state index in [1.165, 1.54) is 11.8 Å². The molecule has 0 fully saturated rings. The Hall–Kier alpha value is -1.80. The molecule has 0 aliphatic carbocycles. The number of hydrogen-bond acceptors (Lipinski definition) is 7. The lowest BCUT2D eigenvalue weighted by Gasteiger charge is -2.03. The molecule has 22 heavy (non-hydrogen) atoms. The fraction of sp³-hybridized carbons (Fsp3) is 0.286. The average Bonchev–Trinajstić information content (AvgIpc) is 3.18. The van der Waals surface area contributed by atoms with Crippen molar-refractivity contribution in [3.8, 4) is 5.69 Å². The van der Waals surface area contributed by atoms with Gasteiger partial charge < -0.3 is 4.42 Å². The molecular weight excluding hydrogens is 318 g/mol. The van der Waals surface area contributed by atoms with E-state index in [0.29, 0.717) is 11.1 Å². The first-order chi connectivity index (χ1) is 10.8. The summed E-state index contributed by atoms with van der Waals surface area (Å²) in [4.78, 5) is 0. The number of benzene rings is 1. The number of thioether (sulfide) groups is 2. The Balaban J connectivity index is 1.70. The molecule has 6 nitrogen and oxygen atoms in total. The molecule has 2 heterocycles. The molecule has 3 aromatic rings. The van der Waals surface area contributed by atoms with E-state index in [-0.39, 0.29) is 5.25 Å². The normalized spacial score (nSPS) is 12.5. The van der Waals surface area contributed by atoms with E-state index in [1.807, 2.05) is 49.7 Å². The second-order valence-corrected chi connectivity index (χ2v) is 6.74. The standard InChI is InChI=1S/C14H15N5OS2/c1-10(22-14-17-16-13(20-14)9-21-2)12-8-19(18-15-12)11-6-4-3-5-7-11/h3-8,10H,9H2,1-2H3. The number of para-hydroxylation sites is 1. The predicted octanol–water partition coefficient (Wildman–Crippen LogP) is 3.37. The lowest BCUT2D eigenvalue weighted by atomic mass is 10.3. The molecule has 1 unspecified atom stereocenters. The highest BCUT2D eigenvalue weighted by molar-refractivity contribution is 7.99. The molecule has 0 aliphatic heterocycles. The summed E-state index contributed by atoms with van der Waals surface area (Å²) in [5.41, 5.74) is 1.86. The Labute approximate surface area is 136 Å². The molecule has 0 radical (unpaired) electrons. The highest BCUT2D eigenvalue weighted by atomic mass is 32.2. The van der Waals surface area contributed by atoms with Gasteiger partial charge in [0.1, 0.15) is 0 Å². The van der Waals surface area contributed by atoms with E-state index in [4.69, 9.17) is 4.42 Å². The lowest BCUT2D eigenvalue weighted by Crippen LogP contribution is -1.93.